The number of oxime groups is 1. The average Bonchev–Trinajstić information content (AvgIpc) is 2.32. The number of rotatable bonds is 1. The molecule has 12 heavy (non-hydrogen) atoms. The van der Waals surface area contributed by atoms with Gasteiger partial charge in [0.1, 0.15) is 0 Å². The van der Waals surface area contributed by atoms with Crippen LogP contribution in [-0.4, -0.2) is 10.9 Å². The van der Waals surface area contributed by atoms with Crippen LogP contribution in [0, 0.1) is 0 Å². The molecule has 6 heteroatoms. The van der Waals surface area contributed by atoms with Crippen molar-refractivity contribution in [3.05, 3.63) is 17.6 Å². The van der Waals surface area contributed by atoms with Crippen molar-refractivity contribution in [1.82, 2.24) is 0 Å². The second-order valence-corrected chi connectivity index (χ2v) is 5.94. The van der Waals surface area contributed by atoms with Crippen LogP contribution in [0.2, 0.25) is 0 Å². The van der Waals surface area contributed by atoms with Gasteiger partial charge in [-0.25, -0.2) is 0 Å². The molecule has 0 bridgehead atoms. The van der Waals surface area contributed by atoms with Crippen molar-refractivity contribution in [3.63, 3.8) is 0 Å². The summed E-state index contributed by atoms with van der Waals surface area (Å²) >= 11 is 11.6. The van der Waals surface area contributed by atoms with Gasteiger partial charge in [0, 0.05) is 0 Å². The van der Waals surface area contributed by atoms with E-state index in [-0.39, 0.29) is 0 Å². The molecule has 0 aromatic carbocycles. The van der Waals surface area contributed by atoms with Gasteiger partial charge in [-0.2, -0.15) is 0 Å². The fraction of sp³-hybridized carbons (Fsp3) is 0.167. The van der Waals surface area contributed by atoms with Gasteiger partial charge in [-0.1, -0.05) is 5.16 Å². The number of thiophene rings is 1. The van der Waals surface area contributed by atoms with Crippen LogP contribution >= 0.6 is 59.1 Å². The molecule has 0 aliphatic rings. The van der Waals surface area contributed by atoms with Crippen molar-refractivity contribution < 1.29 is 5.21 Å². The van der Waals surface area contributed by atoms with Crippen molar-refractivity contribution in [3.8, 4) is 0 Å². The van der Waals surface area contributed by atoms with Crippen LogP contribution < -0.4 is 0 Å². The maximum Gasteiger partial charge on any atom is 0.0948 e. The highest BCUT2D eigenvalue weighted by Gasteiger charge is 2.14. The summed E-state index contributed by atoms with van der Waals surface area (Å²) in [6.45, 7) is 1.75. The van der Waals surface area contributed by atoms with E-state index in [1.807, 2.05) is 0 Å². The van der Waals surface area contributed by atoms with Gasteiger partial charge in [-0.15, -0.1) is 11.3 Å². The molecule has 0 saturated carbocycles. The van der Waals surface area contributed by atoms with Gasteiger partial charge in [0.05, 0.1) is 23.3 Å². The van der Waals surface area contributed by atoms with Crippen LogP contribution in [0.1, 0.15) is 11.8 Å². The minimum Gasteiger partial charge on any atom is -0.411 e. The van der Waals surface area contributed by atoms with Gasteiger partial charge in [0.25, 0.3) is 0 Å². The molecule has 1 aromatic heterocycles. The fourth-order valence-electron chi connectivity index (χ4n) is 0.643. The minimum absolute atomic E-state index is 0.596. The topological polar surface area (TPSA) is 32.6 Å². The van der Waals surface area contributed by atoms with Crippen LogP contribution in [0.15, 0.2) is 17.9 Å². The molecule has 1 aromatic rings. The Morgan fingerprint density at radius 2 is 1.92 bits per heavy atom. The largest absolute Gasteiger partial charge is 0.411 e. The Labute approximate surface area is 99.0 Å². The Morgan fingerprint density at radius 3 is 2.25 bits per heavy atom. The number of hydrogen-bond acceptors (Lipinski definition) is 3. The molecule has 0 atom stereocenters. The van der Waals surface area contributed by atoms with Crippen LogP contribution in [-0.2, 0) is 0 Å². The minimum atomic E-state index is 0.596. The maximum atomic E-state index is 8.56. The lowest BCUT2D eigenvalue weighted by molar-refractivity contribution is 0.319. The van der Waals surface area contributed by atoms with E-state index < -0.39 is 0 Å². The first kappa shape index (κ1) is 10.7. The normalized spacial score (nSPS) is 12.2. The van der Waals surface area contributed by atoms with Crippen molar-refractivity contribution in [2.75, 3.05) is 0 Å². The number of nitrogens with zero attached hydrogens (tertiary/aromatic N) is 1. The molecule has 1 heterocycles. The summed E-state index contributed by atoms with van der Waals surface area (Å²) in [4.78, 5) is 0.913. The average molecular weight is 378 g/mol. The van der Waals surface area contributed by atoms with Gasteiger partial charge in [-0.3, -0.25) is 0 Å². The van der Waals surface area contributed by atoms with E-state index in [1.54, 1.807) is 6.92 Å². The third kappa shape index (κ3) is 1.92. The first-order valence-corrected chi connectivity index (χ1v) is 6.09. The van der Waals surface area contributed by atoms with E-state index in [1.165, 1.54) is 11.3 Å². The SMILES string of the molecule is C/C(=N/O)c1sc(Br)c(Br)c1Br. The van der Waals surface area contributed by atoms with Gasteiger partial charge < -0.3 is 5.21 Å². The highest BCUT2D eigenvalue weighted by Crippen LogP contribution is 2.41. The molecule has 0 amide bonds. The van der Waals surface area contributed by atoms with Gasteiger partial charge in [0.15, 0.2) is 0 Å². The zero-order valence-corrected chi connectivity index (χ0v) is 11.5. The molecule has 0 unspecified atom stereocenters. The zero-order chi connectivity index (χ0) is 9.30. The predicted molar refractivity (Wildman–Crippen MR) is 61.4 cm³/mol. The molecule has 0 aliphatic carbocycles. The third-order valence-corrected chi connectivity index (χ3v) is 6.38. The molecule has 0 spiro atoms. The Morgan fingerprint density at radius 1 is 1.33 bits per heavy atom. The van der Waals surface area contributed by atoms with E-state index in [4.69, 9.17) is 5.21 Å². The van der Waals surface area contributed by atoms with Gasteiger partial charge in [-0.05, 0) is 54.7 Å². The molecule has 0 fully saturated rings. The smallest absolute Gasteiger partial charge is 0.0948 e. The van der Waals surface area contributed by atoms with Crippen LogP contribution in [0.25, 0.3) is 0 Å². The number of halogens is 3. The molecule has 0 radical (unpaired) electrons. The van der Waals surface area contributed by atoms with E-state index >= 15 is 0 Å². The van der Waals surface area contributed by atoms with Gasteiger partial charge >= 0.3 is 0 Å². The molecule has 0 aliphatic heterocycles. The van der Waals surface area contributed by atoms with Crippen LogP contribution in [0.4, 0.5) is 0 Å². The summed E-state index contributed by atoms with van der Waals surface area (Å²) in [7, 11) is 0. The predicted octanol–water partition coefficient (Wildman–Crippen LogP) is 4.23. The van der Waals surface area contributed by atoms with Crippen molar-refractivity contribution >= 4 is 64.8 Å². The first-order chi connectivity index (χ1) is 5.57. The molecule has 2 nitrogen and oxygen atoms in total. The Hall–Kier alpha value is 0.610. The van der Waals surface area contributed by atoms with Crippen LogP contribution in [0.5, 0.6) is 0 Å². The lowest BCUT2D eigenvalue weighted by atomic mass is 10.3. The standard InChI is InChI=1S/C6H4Br3NOS/c1-2(10-11)5-3(7)4(8)6(9)12-5/h11H,1H3/b10-2-. The second-order valence-electron chi connectivity index (χ2n) is 2.02. The summed E-state index contributed by atoms with van der Waals surface area (Å²) in [6.07, 6.45) is 0. The van der Waals surface area contributed by atoms with E-state index in [0.717, 1.165) is 17.6 Å². The summed E-state index contributed by atoms with van der Waals surface area (Å²) in [5.41, 5.74) is 0.596. The first-order valence-electron chi connectivity index (χ1n) is 2.90. The summed E-state index contributed by atoms with van der Waals surface area (Å²) in [5, 5.41) is 11.7. The van der Waals surface area contributed by atoms with Crippen LogP contribution in [0.3, 0.4) is 0 Å². The molecular formula is C6H4Br3NOS. The fourth-order valence-corrected chi connectivity index (χ4v) is 3.78. The maximum absolute atomic E-state index is 8.56. The van der Waals surface area contributed by atoms with Crippen molar-refractivity contribution in [2.45, 2.75) is 6.92 Å². The quantitative estimate of drug-likeness (QED) is 0.443. The second kappa shape index (κ2) is 4.21. The summed E-state index contributed by atoms with van der Waals surface area (Å²) < 4.78 is 2.84. The monoisotopic (exact) mass is 375 g/mol. The highest BCUT2D eigenvalue weighted by molar-refractivity contribution is 9.14. The molecule has 1 rings (SSSR count). The molecule has 1 N–H and O–H groups in total. The summed E-state index contributed by atoms with van der Waals surface area (Å²) in [6, 6.07) is 0. The van der Waals surface area contributed by atoms with E-state index in [9.17, 15) is 0 Å². The lowest BCUT2D eigenvalue weighted by Crippen LogP contribution is -1.90. The lowest BCUT2D eigenvalue weighted by Gasteiger charge is -1.92. The third-order valence-electron chi connectivity index (χ3n) is 1.23. The van der Waals surface area contributed by atoms with Crippen molar-refractivity contribution in [2.24, 2.45) is 5.16 Å². The molecular weight excluding hydrogens is 374 g/mol. The highest BCUT2D eigenvalue weighted by atomic mass is 79.9. The Balaban J connectivity index is 3.27. The van der Waals surface area contributed by atoms with Gasteiger partial charge in [0.2, 0.25) is 0 Å². The Kier molecular flexibility index (Phi) is 3.75. The van der Waals surface area contributed by atoms with E-state index in [2.05, 4.69) is 52.9 Å². The summed E-state index contributed by atoms with van der Waals surface area (Å²) in [5.74, 6) is 0. The van der Waals surface area contributed by atoms with Crippen molar-refractivity contribution in [1.29, 1.82) is 0 Å². The molecule has 66 valence electrons. The van der Waals surface area contributed by atoms with E-state index in [0.29, 0.717) is 5.71 Å². The number of hydrogen-bond donors (Lipinski definition) is 1. The molecule has 0 saturated heterocycles. The zero-order valence-electron chi connectivity index (χ0n) is 5.94. The Bertz CT molecular complexity index is 334.